The zero-order valence-electron chi connectivity index (χ0n) is 15.7. The van der Waals surface area contributed by atoms with Crippen LogP contribution in [0.3, 0.4) is 0 Å². The van der Waals surface area contributed by atoms with E-state index in [0.717, 1.165) is 0 Å². The van der Waals surface area contributed by atoms with Crippen molar-refractivity contribution in [3.05, 3.63) is 24.6 Å². The van der Waals surface area contributed by atoms with Gasteiger partial charge in [0.05, 0.1) is 0 Å². The molecule has 128 valence electrons. The van der Waals surface area contributed by atoms with E-state index in [9.17, 15) is 0 Å². The largest absolute Gasteiger partial charge is 0.412 e. The van der Waals surface area contributed by atoms with Crippen molar-refractivity contribution in [2.45, 2.75) is 53.9 Å². The van der Waals surface area contributed by atoms with Crippen molar-refractivity contribution in [1.29, 1.82) is 0 Å². The molecule has 0 aromatic heterocycles. The lowest BCUT2D eigenvalue weighted by molar-refractivity contribution is 0.254. The summed E-state index contributed by atoms with van der Waals surface area (Å²) in [5.74, 6) is 0. The summed E-state index contributed by atoms with van der Waals surface area (Å²) >= 11 is 0. The van der Waals surface area contributed by atoms with Crippen LogP contribution < -0.4 is 0 Å². The van der Waals surface area contributed by atoms with Crippen LogP contribution in [0, 0.1) is 0 Å². The molecule has 0 aliphatic rings. The highest BCUT2D eigenvalue weighted by Gasteiger charge is 2.42. The van der Waals surface area contributed by atoms with Gasteiger partial charge in [-0.1, -0.05) is 39.1 Å². The van der Waals surface area contributed by atoms with Gasteiger partial charge < -0.3 is 17.1 Å². The van der Waals surface area contributed by atoms with Gasteiger partial charge in [-0.15, -0.1) is 13.2 Å². The van der Waals surface area contributed by atoms with E-state index in [1.165, 1.54) is 0 Å². The molecule has 0 spiro atoms. The molecule has 0 rings (SSSR count). The first kappa shape index (κ1) is 25.9. The van der Waals surface area contributed by atoms with Crippen LogP contribution in [0.15, 0.2) is 24.6 Å². The van der Waals surface area contributed by atoms with Gasteiger partial charge >= 0.3 is 25.7 Å². The van der Waals surface area contributed by atoms with Crippen molar-refractivity contribution in [3.8, 4) is 0 Å². The first-order valence-corrected chi connectivity index (χ1v) is 15.0. The molecule has 2 unspecified atom stereocenters. The van der Waals surface area contributed by atoms with E-state index in [-0.39, 0.29) is 0 Å². The molecule has 0 aromatic carbocycles. The fourth-order valence-electron chi connectivity index (χ4n) is 1.33. The molecule has 0 saturated carbocycles. The highest BCUT2D eigenvalue weighted by Crippen LogP contribution is 2.22. The Labute approximate surface area is 135 Å². The Hall–Kier alpha value is -0.0294. The van der Waals surface area contributed by atoms with Crippen LogP contribution in [0.2, 0.25) is 26.2 Å². The maximum atomic E-state index is 6.05. The van der Waals surface area contributed by atoms with Gasteiger partial charge in [0.25, 0.3) is 0 Å². The second-order valence-corrected chi connectivity index (χ2v) is 14.6. The van der Waals surface area contributed by atoms with E-state index in [4.69, 9.17) is 17.1 Å². The maximum Gasteiger partial charge on any atom is 0.352 e. The van der Waals surface area contributed by atoms with Crippen LogP contribution in [0.5, 0.6) is 0 Å². The van der Waals surface area contributed by atoms with Gasteiger partial charge in [0.2, 0.25) is 0 Å². The molecule has 0 saturated heterocycles. The zero-order valence-corrected chi connectivity index (χ0v) is 18.7. The van der Waals surface area contributed by atoms with E-state index in [1.807, 2.05) is 53.9 Å². The average molecular weight is 353 g/mol. The lowest BCUT2D eigenvalue weighted by Crippen LogP contribution is -2.54. The summed E-state index contributed by atoms with van der Waals surface area (Å²) in [6.07, 6.45) is 0. The molecule has 0 amide bonds. The van der Waals surface area contributed by atoms with Crippen LogP contribution >= 0.6 is 0 Å². The molecule has 0 radical (unpaired) electrons. The summed E-state index contributed by atoms with van der Waals surface area (Å²) in [4.78, 5) is 0. The summed E-state index contributed by atoms with van der Waals surface area (Å²) in [6.45, 7) is 23.4. The van der Waals surface area contributed by atoms with Gasteiger partial charge in [-0.05, 0) is 26.2 Å². The van der Waals surface area contributed by atoms with E-state index >= 15 is 0 Å². The molecular formula is C14H36O4Si3. The van der Waals surface area contributed by atoms with Gasteiger partial charge in [-0.3, -0.25) is 0 Å². The summed E-state index contributed by atoms with van der Waals surface area (Å²) in [7, 11) is -3.70. The van der Waals surface area contributed by atoms with Crippen molar-refractivity contribution < 1.29 is 17.1 Å². The first-order chi connectivity index (χ1) is 9.66. The van der Waals surface area contributed by atoms with Crippen molar-refractivity contribution in [3.63, 3.8) is 0 Å². The number of rotatable bonds is 8. The second kappa shape index (κ2) is 12.5. The van der Waals surface area contributed by atoms with Crippen LogP contribution in [-0.2, 0) is 17.1 Å². The summed E-state index contributed by atoms with van der Waals surface area (Å²) < 4.78 is 22.9. The van der Waals surface area contributed by atoms with Gasteiger partial charge in [0.1, 0.15) is 0 Å². The standard InChI is InChI=1S/C10H24O4Si3.2C2H6/c1-9-16(7,11-3)13-15(5,6)14-17(8,10-2)12-4;2*1-2/h9-10H,1-2H2,3-8H3;2*1-2H3. The first-order valence-electron chi connectivity index (χ1n) is 7.44. The average Bonchev–Trinajstić information content (AvgIpc) is 2.50. The maximum absolute atomic E-state index is 6.05. The van der Waals surface area contributed by atoms with Crippen LogP contribution in [0.4, 0.5) is 0 Å². The molecule has 0 heterocycles. The smallest absolute Gasteiger partial charge is 0.352 e. The molecule has 4 nitrogen and oxygen atoms in total. The van der Waals surface area contributed by atoms with Crippen LogP contribution in [-0.4, -0.2) is 39.9 Å². The minimum Gasteiger partial charge on any atom is -0.412 e. The Morgan fingerprint density at radius 3 is 1.05 bits per heavy atom. The van der Waals surface area contributed by atoms with Gasteiger partial charge in [-0.25, -0.2) is 0 Å². The fraction of sp³-hybridized carbons (Fsp3) is 0.714. The predicted molar refractivity (Wildman–Crippen MR) is 100.0 cm³/mol. The molecular weight excluding hydrogens is 316 g/mol. The second-order valence-electron chi connectivity index (χ2n) is 4.45. The molecule has 0 aliphatic heterocycles. The lowest BCUT2D eigenvalue weighted by atomic mass is 11.0. The Balaban J connectivity index is -0.000000739. The molecule has 7 heteroatoms. The molecule has 0 N–H and O–H groups in total. The number of hydrogen-bond donors (Lipinski definition) is 0. The quantitative estimate of drug-likeness (QED) is 0.595. The monoisotopic (exact) mass is 352 g/mol. The minimum absolute atomic E-state index is 1.64. The topological polar surface area (TPSA) is 36.9 Å². The highest BCUT2D eigenvalue weighted by molar-refractivity contribution is 6.87. The third-order valence-electron chi connectivity index (χ3n) is 2.45. The van der Waals surface area contributed by atoms with Crippen LogP contribution in [0.1, 0.15) is 27.7 Å². The van der Waals surface area contributed by atoms with Gasteiger partial charge in [-0.2, -0.15) is 0 Å². The van der Waals surface area contributed by atoms with E-state index < -0.39 is 25.7 Å². The Morgan fingerprint density at radius 2 is 0.905 bits per heavy atom. The lowest BCUT2D eigenvalue weighted by Gasteiger charge is -2.36. The SMILES string of the molecule is C=C[Si](C)(OC)O[Si](C)(C)O[Si](C)(C=C)OC.CC.CC. The highest BCUT2D eigenvalue weighted by atomic mass is 28.5. The fourth-order valence-corrected chi connectivity index (χ4v) is 11.3. The molecule has 21 heavy (non-hydrogen) atoms. The Bertz CT molecular complexity index is 261. The molecule has 0 aliphatic carbocycles. The van der Waals surface area contributed by atoms with Crippen molar-refractivity contribution in [1.82, 2.24) is 0 Å². The van der Waals surface area contributed by atoms with Crippen LogP contribution in [0.25, 0.3) is 0 Å². The summed E-state index contributed by atoms with van der Waals surface area (Å²) in [6, 6.07) is 0. The van der Waals surface area contributed by atoms with Crippen molar-refractivity contribution in [2.24, 2.45) is 0 Å². The summed E-state index contributed by atoms with van der Waals surface area (Å²) in [5, 5.41) is 0. The number of hydrogen-bond acceptors (Lipinski definition) is 4. The normalized spacial score (nSPS) is 16.1. The predicted octanol–water partition coefficient (Wildman–Crippen LogP) is 4.66. The molecule has 2 atom stereocenters. The van der Waals surface area contributed by atoms with Crippen molar-refractivity contribution in [2.75, 3.05) is 14.2 Å². The molecule has 0 aromatic rings. The Morgan fingerprint density at radius 1 is 0.667 bits per heavy atom. The third-order valence-corrected chi connectivity index (χ3v) is 12.7. The molecule has 0 fully saturated rings. The van der Waals surface area contributed by atoms with E-state index in [1.54, 1.807) is 25.6 Å². The Kier molecular flexibility index (Phi) is 15.4. The zero-order chi connectivity index (χ0) is 17.7. The summed E-state index contributed by atoms with van der Waals surface area (Å²) in [5.41, 5.74) is 3.51. The van der Waals surface area contributed by atoms with Crippen molar-refractivity contribution >= 4 is 25.7 Å². The third kappa shape index (κ3) is 11.2. The van der Waals surface area contributed by atoms with Gasteiger partial charge in [0.15, 0.2) is 0 Å². The molecule has 0 bridgehead atoms. The van der Waals surface area contributed by atoms with E-state index in [0.29, 0.717) is 0 Å². The van der Waals surface area contributed by atoms with E-state index in [2.05, 4.69) is 13.2 Å². The minimum atomic E-state index is -2.33. The van der Waals surface area contributed by atoms with Gasteiger partial charge in [0, 0.05) is 14.2 Å².